The molecule has 10 heteroatoms. The molecule has 0 saturated carbocycles. The number of amides is 1. The Morgan fingerprint density at radius 2 is 1.78 bits per heavy atom. The maximum Gasteiger partial charge on any atom is 0.342 e. The molecule has 0 aliphatic carbocycles. The summed E-state index contributed by atoms with van der Waals surface area (Å²) in [6, 6.07) is 13.9. The first-order valence-corrected chi connectivity index (χ1v) is 12.1. The third kappa shape index (κ3) is 5.65. The van der Waals surface area contributed by atoms with Crippen LogP contribution in [0.15, 0.2) is 64.2 Å². The number of rotatable bonds is 8. The van der Waals surface area contributed by atoms with E-state index in [9.17, 15) is 23.1 Å². The van der Waals surface area contributed by atoms with Gasteiger partial charge in [-0.2, -0.15) is 0 Å². The molecule has 1 heterocycles. The molecule has 1 amide bonds. The molecule has 3 aromatic rings. The van der Waals surface area contributed by atoms with Crippen molar-refractivity contribution in [3.05, 3.63) is 71.1 Å². The van der Waals surface area contributed by atoms with E-state index in [1.165, 1.54) is 25.1 Å². The van der Waals surface area contributed by atoms with E-state index in [4.69, 9.17) is 4.74 Å². The highest BCUT2D eigenvalue weighted by Gasteiger charge is 2.23. The quantitative estimate of drug-likeness (QED) is 0.335. The van der Waals surface area contributed by atoms with Crippen LogP contribution in [0.4, 0.5) is 11.4 Å². The Balaban J connectivity index is 1.68. The molecule has 1 aromatic heterocycles. The van der Waals surface area contributed by atoms with Gasteiger partial charge in [-0.05, 0) is 60.7 Å². The number of aromatic hydroxyl groups is 1. The van der Waals surface area contributed by atoms with Crippen LogP contribution in [0.3, 0.4) is 0 Å². The number of phenolic OH excluding ortho intramolecular Hbond substituents is 1. The molecular weight excluding hydrogens is 452 g/mol. The Bertz CT molecular complexity index is 1210. The van der Waals surface area contributed by atoms with E-state index in [-0.39, 0.29) is 15.5 Å². The fourth-order valence-electron chi connectivity index (χ4n) is 2.73. The van der Waals surface area contributed by atoms with E-state index in [0.29, 0.717) is 5.69 Å². The number of hydrogen-bond acceptors (Lipinski definition) is 7. The van der Waals surface area contributed by atoms with Gasteiger partial charge in [-0.3, -0.25) is 9.52 Å². The summed E-state index contributed by atoms with van der Waals surface area (Å²) in [6.45, 7) is 3.42. The highest BCUT2D eigenvalue weighted by Crippen LogP contribution is 2.26. The SMILES string of the molecule is CCc1ccc(NC(=O)C(C)OC(=O)c2cc(NS(=O)(=O)c3cccs3)ccc2O)cc1. The number of anilines is 2. The Hall–Kier alpha value is -3.37. The lowest BCUT2D eigenvalue weighted by Gasteiger charge is -2.15. The average molecular weight is 475 g/mol. The predicted molar refractivity (Wildman–Crippen MR) is 123 cm³/mol. The van der Waals surface area contributed by atoms with Crippen LogP contribution in [-0.2, 0) is 26.0 Å². The normalized spacial score (nSPS) is 12.1. The Labute approximate surface area is 189 Å². The van der Waals surface area contributed by atoms with E-state index >= 15 is 0 Å². The third-order valence-electron chi connectivity index (χ3n) is 4.51. The van der Waals surface area contributed by atoms with Gasteiger partial charge in [0.1, 0.15) is 15.5 Å². The number of thiophene rings is 1. The van der Waals surface area contributed by atoms with Gasteiger partial charge in [0.25, 0.3) is 15.9 Å². The largest absolute Gasteiger partial charge is 0.507 e. The molecule has 1 atom stereocenters. The first-order chi connectivity index (χ1) is 15.2. The summed E-state index contributed by atoms with van der Waals surface area (Å²) in [7, 11) is -3.83. The van der Waals surface area contributed by atoms with E-state index < -0.39 is 33.8 Å². The molecule has 32 heavy (non-hydrogen) atoms. The van der Waals surface area contributed by atoms with Gasteiger partial charge >= 0.3 is 5.97 Å². The number of carbonyl (C=O) groups is 2. The summed E-state index contributed by atoms with van der Waals surface area (Å²) < 4.78 is 32.4. The van der Waals surface area contributed by atoms with Crippen LogP contribution in [0, 0.1) is 0 Å². The van der Waals surface area contributed by atoms with Crippen molar-refractivity contribution in [3.8, 4) is 5.75 Å². The van der Waals surface area contributed by atoms with Crippen molar-refractivity contribution in [2.45, 2.75) is 30.6 Å². The lowest BCUT2D eigenvalue weighted by Crippen LogP contribution is -2.30. The molecule has 0 bridgehead atoms. The Kier molecular flexibility index (Phi) is 7.16. The minimum Gasteiger partial charge on any atom is -0.507 e. The average Bonchev–Trinajstić information content (AvgIpc) is 3.31. The summed E-state index contributed by atoms with van der Waals surface area (Å²) in [5, 5.41) is 14.3. The zero-order valence-electron chi connectivity index (χ0n) is 17.4. The van der Waals surface area contributed by atoms with E-state index in [1.54, 1.807) is 23.6 Å². The van der Waals surface area contributed by atoms with Gasteiger partial charge in [-0.25, -0.2) is 13.2 Å². The molecular formula is C22H22N2O6S2. The second-order valence-corrected chi connectivity index (χ2v) is 9.71. The molecule has 168 valence electrons. The summed E-state index contributed by atoms with van der Waals surface area (Å²) in [5.41, 5.74) is 1.47. The number of hydrogen-bond donors (Lipinski definition) is 3. The van der Waals surface area contributed by atoms with Gasteiger partial charge < -0.3 is 15.2 Å². The monoisotopic (exact) mass is 474 g/mol. The second kappa shape index (κ2) is 9.84. The van der Waals surface area contributed by atoms with E-state index in [2.05, 4.69) is 10.0 Å². The second-order valence-electron chi connectivity index (χ2n) is 6.86. The molecule has 1 unspecified atom stereocenters. The molecule has 3 N–H and O–H groups in total. The van der Waals surface area contributed by atoms with Crippen molar-refractivity contribution >= 4 is 44.6 Å². The summed E-state index contributed by atoms with van der Waals surface area (Å²) >= 11 is 1.04. The number of aryl methyl sites for hydroxylation is 1. The number of nitrogens with one attached hydrogen (secondary N) is 2. The number of esters is 1. The van der Waals surface area contributed by atoms with Crippen LogP contribution in [0.5, 0.6) is 5.75 Å². The van der Waals surface area contributed by atoms with Crippen LogP contribution in [-0.4, -0.2) is 31.5 Å². The predicted octanol–water partition coefficient (Wildman–Crippen LogP) is 4.00. The first-order valence-electron chi connectivity index (χ1n) is 9.69. The van der Waals surface area contributed by atoms with Crippen molar-refractivity contribution < 1.29 is 27.9 Å². The highest BCUT2D eigenvalue weighted by molar-refractivity contribution is 7.94. The molecule has 0 fully saturated rings. The van der Waals surface area contributed by atoms with Crippen molar-refractivity contribution in [1.82, 2.24) is 0 Å². The lowest BCUT2D eigenvalue weighted by molar-refractivity contribution is -0.123. The molecule has 0 aliphatic heterocycles. The fraction of sp³-hybridized carbons (Fsp3) is 0.182. The topological polar surface area (TPSA) is 122 Å². The van der Waals surface area contributed by atoms with Crippen LogP contribution >= 0.6 is 11.3 Å². The van der Waals surface area contributed by atoms with Crippen LogP contribution in [0.25, 0.3) is 0 Å². The Morgan fingerprint density at radius 1 is 1.09 bits per heavy atom. The zero-order chi connectivity index (χ0) is 23.3. The zero-order valence-corrected chi connectivity index (χ0v) is 19.0. The minimum atomic E-state index is -3.83. The molecule has 3 rings (SSSR count). The number of phenols is 1. The number of benzene rings is 2. The Morgan fingerprint density at radius 3 is 2.41 bits per heavy atom. The van der Waals surface area contributed by atoms with Crippen molar-refractivity contribution in [1.29, 1.82) is 0 Å². The maximum absolute atomic E-state index is 12.5. The smallest absolute Gasteiger partial charge is 0.342 e. The van der Waals surface area contributed by atoms with Gasteiger partial charge in [0.2, 0.25) is 0 Å². The maximum atomic E-state index is 12.5. The third-order valence-corrected chi connectivity index (χ3v) is 7.29. The molecule has 0 spiro atoms. The first kappa shape index (κ1) is 23.3. The number of ether oxygens (including phenoxy) is 1. The lowest BCUT2D eigenvalue weighted by atomic mass is 10.1. The molecule has 0 radical (unpaired) electrons. The van der Waals surface area contributed by atoms with Crippen molar-refractivity contribution in [3.63, 3.8) is 0 Å². The van der Waals surface area contributed by atoms with Gasteiger partial charge in [-0.15, -0.1) is 11.3 Å². The molecule has 8 nitrogen and oxygen atoms in total. The van der Waals surface area contributed by atoms with Gasteiger partial charge in [0.15, 0.2) is 6.10 Å². The van der Waals surface area contributed by atoms with E-state index in [1.807, 2.05) is 19.1 Å². The highest BCUT2D eigenvalue weighted by atomic mass is 32.2. The van der Waals surface area contributed by atoms with Gasteiger partial charge in [-0.1, -0.05) is 25.1 Å². The van der Waals surface area contributed by atoms with Crippen LogP contribution in [0.2, 0.25) is 0 Å². The number of carbonyl (C=O) groups excluding carboxylic acids is 2. The summed E-state index contributed by atoms with van der Waals surface area (Å²) in [4.78, 5) is 24.9. The van der Waals surface area contributed by atoms with Crippen LogP contribution < -0.4 is 10.0 Å². The fourth-order valence-corrected chi connectivity index (χ4v) is 4.77. The molecule has 0 saturated heterocycles. The van der Waals surface area contributed by atoms with Crippen LogP contribution in [0.1, 0.15) is 29.8 Å². The van der Waals surface area contributed by atoms with Gasteiger partial charge in [0, 0.05) is 11.4 Å². The van der Waals surface area contributed by atoms with Crippen molar-refractivity contribution in [2.75, 3.05) is 10.0 Å². The molecule has 0 aliphatic rings. The minimum absolute atomic E-state index is 0.0660. The van der Waals surface area contributed by atoms with Crippen molar-refractivity contribution in [2.24, 2.45) is 0 Å². The summed E-state index contributed by atoms with van der Waals surface area (Å²) in [6.07, 6.45) is -0.284. The standard InChI is InChI=1S/C22H22N2O6S2/c1-3-15-6-8-16(9-7-15)23-21(26)14(2)30-22(27)18-13-17(10-11-19(18)25)24-32(28,29)20-5-4-12-31-20/h4-14,24-25H,3H2,1-2H3,(H,23,26). The number of sulfonamides is 1. The summed E-state index contributed by atoms with van der Waals surface area (Å²) in [5.74, 6) is -1.92. The van der Waals surface area contributed by atoms with Gasteiger partial charge in [0.05, 0.1) is 0 Å². The van der Waals surface area contributed by atoms with E-state index in [0.717, 1.165) is 29.4 Å². The molecule has 2 aromatic carbocycles.